The maximum absolute atomic E-state index is 10.8. The van der Waals surface area contributed by atoms with Crippen LogP contribution in [-0.2, 0) is 9.59 Å². The highest BCUT2D eigenvalue weighted by Gasteiger charge is 2.06. The SMILES string of the molecule is C[C@@H](CCCCNCNCC(=O)CN)C(N)=O. The average Bonchev–Trinajstić information content (AvgIpc) is 2.31. The summed E-state index contributed by atoms with van der Waals surface area (Å²) in [6.07, 6.45) is 2.79. The number of carbonyl (C=O) groups excluding carboxylic acids is 2. The molecule has 0 radical (unpaired) electrons. The van der Waals surface area contributed by atoms with Crippen LogP contribution in [0.2, 0.25) is 0 Å². The van der Waals surface area contributed by atoms with E-state index in [0.29, 0.717) is 13.2 Å². The fourth-order valence-corrected chi connectivity index (χ4v) is 1.29. The molecule has 0 spiro atoms. The number of ketones is 1. The van der Waals surface area contributed by atoms with Gasteiger partial charge in [0.1, 0.15) is 0 Å². The summed E-state index contributed by atoms with van der Waals surface area (Å²) in [5.74, 6) is -0.280. The quantitative estimate of drug-likeness (QED) is 0.274. The van der Waals surface area contributed by atoms with Crippen molar-refractivity contribution in [3.63, 3.8) is 0 Å². The van der Waals surface area contributed by atoms with Gasteiger partial charge in [0.15, 0.2) is 5.78 Å². The third-order valence-corrected chi connectivity index (χ3v) is 2.53. The van der Waals surface area contributed by atoms with Crippen LogP contribution in [0, 0.1) is 5.92 Å². The Kier molecular flexibility index (Phi) is 9.60. The molecule has 17 heavy (non-hydrogen) atoms. The van der Waals surface area contributed by atoms with E-state index < -0.39 is 0 Å². The number of hydrogen-bond acceptors (Lipinski definition) is 5. The first-order chi connectivity index (χ1) is 8.07. The molecule has 0 aromatic heterocycles. The predicted molar refractivity (Wildman–Crippen MR) is 67.1 cm³/mol. The highest BCUT2D eigenvalue weighted by molar-refractivity contribution is 5.82. The van der Waals surface area contributed by atoms with Gasteiger partial charge in [-0.1, -0.05) is 13.3 Å². The van der Waals surface area contributed by atoms with E-state index in [1.165, 1.54) is 0 Å². The van der Waals surface area contributed by atoms with Gasteiger partial charge in [0.2, 0.25) is 5.91 Å². The zero-order valence-corrected chi connectivity index (χ0v) is 10.5. The van der Waals surface area contributed by atoms with Crippen LogP contribution in [0.3, 0.4) is 0 Å². The molecule has 0 fully saturated rings. The van der Waals surface area contributed by atoms with Crippen molar-refractivity contribution in [1.82, 2.24) is 10.6 Å². The molecule has 0 aliphatic rings. The first kappa shape index (κ1) is 16.0. The van der Waals surface area contributed by atoms with Crippen LogP contribution in [0.25, 0.3) is 0 Å². The lowest BCUT2D eigenvalue weighted by atomic mass is 10.0. The molecule has 100 valence electrons. The van der Waals surface area contributed by atoms with Gasteiger partial charge in [-0.3, -0.25) is 14.9 Å². The molecule has 0 aromatic rings. The van der Waals surface area contributed by atoms with E-state index in [1.54, 1.807) is 0 Å². The molecular formula is C11H24N4O2. The number of primary amides is 1. The van der Waals surface area contributed by atoms with Crippen LogP contribution >= 0.6 is 0 Å². The summed E-state index contributed by atoms with van der Waals surface area (Å²) in [6, 6.07) is 0. The fourth-order valence-electron chi connectivity index (χ4n) is 1.29. The molecule has 1 atom stereocenters. The Morgan fingerprint density at radius 1 is 1.24 bits per heavy atom. The summed E-state index contributed by atoms with van der Waals surface area (Å²) < 4.78 is 0. The van der Waals surface area contributed by atoms with Crippen LogP contribution in [-0.4, -0.2) is 38.0 Å². The monoisotopic (exact) mass is 244 g/mol. The molecule has 6 nitrogen and oxygen atoms in total. The van der Waals surface area contributed by atoms with E-state index in [1.807, 2.05) is 6.92 Å². The Balaban J connectivity index is 3.19. The van der Waals surface area contributed by atoms with Gasteiger partial charge in [-0.15, -0.1) is 0 Å². The van der Waals surface area contributed by atoms with Gasteiger partial charge in [-0.05, 0) is 19.4 Å². The second kappa shape index (κ2) is 10.2. The smallest absolute Gasteiger partial charge is 0.220 e. The number of rotatable bonds is 11. The molecule has 0 unspecified atom stereocenters. The molecule has 0 aliphatic heterocycles. The molecular weight excluding hydrogens is 220 g/mol. The van der Waals surface area contributed by atoms with Crippen molar-refractivity contribution in [2.24, 2.45) is 17.4 Å². The molecule has 0 rings (SSSR count). The van der Waals surface area contributed by atoms with Crippen molar-refractivity contribution in [1.29, 1.82) is 0 Å². The Labute approximate surface area is 102 Å². The number of amides is 1. The van der Waals surface area contributed by atoms with E-state index >= 15 is 0 Å². The summed E-state index contributed by atoms with van der Waals surface area (Å²) in [5.41, 5.74) is 10.3. The highest BCUT2D eigenvalue weighted by atomic mass is 16.1. The molecule has 0 bridgehead atoms. The number of carbonyl (C=O) groups is 2. The minimum atomic E-state index is -0.236. The zero-order chi connectivity index (χ0) is 13.1. The lowest BCUT2D eigenvalue weighted by Crippen LogP contribution is -2.35. The second-order valence-electron chi connectivity index (χ2n) is 4.15. The summed E-state index contributed by atoms with van der Waals surface area (Å²) >= 11 is 0. The van der Waals surface area contributed by atoms with E-state index in [2.05, 4.69) is 10.6 Å². The molecule has 0 aromatic carbocycles. The number of unbranched alkanes of at least 4 members (excludes halogenated alkanes) is 1. The van der Waals surface area contributed by atoms with Gasteiger partial charge in [0.05, 0.1) is 13.1 Å². The van der Waals surface area contributed by atoms with Gasteiger partial charge < -0.3 is 16.8 Å². The highest BCUT2D eigenvalue weighted by Crippen LogP contribution is 2.05. The predicted octanol–water partition coefficient (Wildman–Crippen LogP) is -1.06. The van der Waals surface area contributed by atoms with Crippen LogP contribution < -0.4 is 22.1 Å². The van der Waals surface area contributed by atoms with Crippen molar-refractivity contribution in [2.45, 2.75) is 26.2 Å². The number of nitrogens with one attached hydrogen (secondary N) is 2. The second-order valence-corrected chi connectivity index (χ2v) is 4.15. The first-order valence-electron chi connectivity index (χ1n) is 6.00. The number of nitrogens with two attached hydrogens (primary N) is 2. The normalized spacial score (nSPS) is 12.4. The van der Waals surface area contributed by atoms with Gasteiger partial charge in [0, 0.05) is 12.6 Å². The summed E-state index contributed by atoms with van der Waals surface area (Å²) in [4.78, 5) is 21.6. The van der Waals surface area contributed by atoms with Crippen molar-refractivity contribution in [2.75, 3.05) is 26.3 Å². The van der Waals surface area contributed by atoms with E-state index in [9.17, 15) is 9.59 Å². The minimum Gasteiger partial charge on any atom is -0.369 e. The van der Waals surface area contributed by atoms with Crippen LogP contribution in [0.1, 0.15) is 26.2 Å². The largest absolute Gasteiger partial charge is 0.369 e. The van der Waals surface area contributed by atoms with Crippen molar-refractivity contribution in [3.05, 3.63) is 0 Å². The summed E-state index contributed by atoms with van der Waals surface area (Å²) in [7, 11) is 0. The summed E-state index contributed by atoms with van der Waals surface area (Å²) in [6.45, 7) is 3.68. The van der Waals surface area contributed by atoms with Gasteiger partial charge in [0.25, 0.3) is 0 Å². The Hall–Kier alpha value is -0.980. The molecule has 1 amide bonds. The lowest BCUT2D eigenvalue weighted by Gasteiger charge is -2.08. The Morgan fingerprint density at radius 3 is 2.53 bits per heavy atom. The lowest BCUT2D eigenvalue weighted by molar-refractivity contribution is -0.121. The fraction of sp³-hybridized carbons (Fsp3) is 0.818. The van der Waals surface area contributed by atoms with Gasteiger partial charge in [-0.2, -0.15) is 0 Å². The molecule has 0 aliphatic carbocycles. The standard InChI is InChI=1S/C11H24N4O2/c1-9(11(13)17)4-2-3-5-14-8-15-7-10(16)6-12/h9,14-15H,2-8,12H2,1H3,(H2,13,17)/t9-/m0/s1. The molecule has 0 saturated carbocycles. The van der Waals surface area contributed by atoms with Gasteiger partial charge >= 0.3 is 0 Å². The van der Waals surface area contributed by atoms with Crippen LogP contribution in [0.4, 0.5) is 0 Å². The molecule has 0 saturated heterocycles. The van der Waals surface area contributed by atoms with Crippen LogP contribution in [0.15, 0.2) is 0 Å². The Morgan fingerprint density at radius 2 is 1.94 bits per heavy atom. The van der Waals surface area contributed by atoms with Crippen molar-refractivity contribution < 1.29 is 9.59 Å². The third kappa shape index (κ3) is 9.92. The Bertz CT molecular complexity index is 234. The van der Waals surface area contributed by atoms with Crippen molar-refractivity contribution in [3.8, 4) is 0 Å². The molecule has 0 heterocycles. The third-order valence-electron chi connectivity index (χ3n) is 2.53. The zero-order valence-electron chi connectivity index (χ0n) is 10.5. The number of Topliss-reactive ketones (excluding diaryl/α,β-unsaturated/α-hetero) is 1. The van der Waals surface area contributed by atoms with Gasteiger partial charge in [-0.25, -0.2) is 0 Å². The molecule has 6 N–H and O–H groups in total. The average molecular weight is 244 g/mol. The topological polar surface area (TPSA) is 110 Å². The van der Waals surface area contributed by atoms with E-state index in [4.69, 9.17) is 11.5 Å². The maximum Gasteiger partial charge on any atom is 0.220 e. The van der Waals surface area contributed by atoms with E-state index in [0.717, 1.165) is 25.8 Å². The number of hydrogen-bond donors (Lipinski definition) is 4. The van der Waals surface area contributed by atoms with Crippen LogP contribution in [0.5, 0.6) is 0 Å². The minimum absolute atomic E-state index is 0.00193. The first-order valence-corrected chi connectivity index (χ1v) is 6.00. The summed E-state index contributed by atoms with van der Waals surface area (Å²) in [5, 5.41) is 6.09. The van der Waals surface area contributed by atoms with E-state index in [-0.39, 0.29) is 24.2 Å². The maximum atomic E-state index is 10.8. The molecule has 6 heteroatoms. The van der Waals surface area contributed by atoms with Crippen molar-refractivity contribution >= 4 is 11.7 Å².